The van der Waals surface area contributed by atoms with E-state index >= 15 is 0 Å². The number of carboxylic acid groups (broad SMARTS) is 1. The van der Waals surface area contributed by atoms with Gasteiger partial charge in [-0.05, 0) is 36.5 Å². The van der Waals surface area contributed by atoms with Crippen LogP contribution in [-0.4, -0.2) is 22.2 Å². The van der Waals surface area contributed by atoms with Gasteiger partial charge >= 0.3 is 11.6 Å². The monoisotopic (exact) mass is 361 g/mol. The Kier molecular flexibility index (Phi) is 6.80. The molecular weight excluding hydrogens is 334 g/mol. The molecule has 0 saturated carbocycles. The lowest BCUT2D eigenvalue weighted by Crippen LogP contribution is -2.41. The second-order valence-corrected chi connectivity index (χ2v) is 6.72. The van der Waals surface area contributed by atoms with E-state index < -0.39 is 17.6 Å². The Morgan fingerprint density at radius 1 is 1.31 bits per heavy atom. The molecule has 1 aromatic heterocycles. The van der Waals surface area contributed by atoms with E-state index in [1.165, 1.54) is 6.07 Å². The Morgan fingerprint density at radius 2 is 2.04 bits per heavy atom. The van der Waals surface area contributed by atoms with Crippen LogP contribution in [0, 0.1) is 5.92 Å². The fourth-order valence-corrected chi connectivity index (χ4v) is 3.06. The molecule has 0 aliphatic heterocycles. The van der Waals surface area contributed by atoms with Gasteiger partial charge in [0.2, 0.25) is 0 Å². The molecule has 0 amide bonds. The molecular formula is C20H27NO5. The van der Waals surface area contributed by atoms with Crippen molar-refractivity contribution in [2.75, 3.05) is 0 Å². The summed E-state index contributed by atoms with van der Waals surface area (Å²) in [5, 5.41) is 23.4. The van der Waals surface area contributed by atoms with E-state index in [0.29, 0.717) is 17.6 Å². The van der Waals surface area contributed by atoms with E-state index in [2.05, 4.69) is 12.2 Å². The van der Waals surface area contributed by atoms with Crippen LogP contribution in [0.25, 0.3) is 11.0 Å². The van der Waals surface area contributed by atoms with E-state index in [9.17, 15) is 19.8 Å². The van der Waals surface area contributed by atoms with Gasteiger partial charge in [0, 0.05) is 18.0 Å². The molecule has 6 heteroatoms. The largest absolute Gasteiger partial charge is 0.507 e. The number of unbranched alkanes of at least 4 members (excludes halogenated alkanes) is 1. The minimum absolute atomic E-state index is 0.0194. The van der Waals surface area contributed by atoms with Crippen LogP contribution in [0.15, 0.2) is 27.4 Å². The average Bonchev–Trinajstić information content (AvgIpc) is 2.60. The average molecular weight is 361 g/mol. The lowest BCUT2D eigenvalue weighted by molar-refractivity contribution is -0.140. The van der Waals surface area contributed by atoms with Crippen molar-refractivity contribution >= 4 is 16.9 Å². The topological polar surface area (TPSA) is 99.8 Å². The Morgan fingerprint density at radius 3 is 2.65 bits per heavy atom. The van der Waals surface area contributed by atoms with Crippen LogP contribution in [0.5, 0.6) is 5.75 Å². The van der Waals surface area contributed by atoms with Crippen molar-refractivity contribution in [3.05, 3.63) is 39.7 Å². The Labute approximate surface area is 152 Å². The maximum Gasteiger partial charge on any atom is 0.336 e. The van der Waals surface area contributed by atoms with Crippen molar-refractivity contribution in [1.82, 2.24) is 5.32 Å². The molecule has 0 saturated heterocycles. The fourth-order valence-electron chi connectivity index (χ4n) is 3.06. The molecule has 0 fully saturated rings. The molecule has 0 aliphatic carbocycles. The van der Waals surface area contributed by atoms with E-state index in [4.69, 9.17) is 4.42 Å². The molecule has 3 N–H and O–H groups in total. The summed E-state index contributed by atoms with van der Waals surface area (Å²) in [6.07, 6.45) is 3.41. The Bertz CT molecular complexity index is 827. The number of nitrogens with one attached hydrogen (secondary N) is 1. The van der Waals surface area contributed by atoms with Crippen LogP contribution in [-0.2, 0) is 17.8 Å². The minimum atomic E-state index is -0.941. The van der Waals surface area contributed by atoms with Crippen molar-refractivity contribution in [3.63, 3.8) is 0 Å². The van der Waals surface area contributed by atoms with Crippen molar-refractivity contribution in [1.29, 1.82) is 0 Å². The first-order valence-electron chi connectivity index (χ1n) is 9.12. The van der Waals surface area contributed by atoms with Gasteiger partial charge in [0.15, 0.2) is 0 Å². The van der Waals surface area contributed by atoms with Gasteiger partial charge < -0.3 is 14.6 Å². The number of phenols is 1. The molecule has 0 radical (unpaired) electrons. The third-order valence-corrected chi connectivity index (χ3v) is 4.85. The highest BCUT2D eigenvalue weighted by Crippen LogP contribution is 2.29. The van der Waals surface area contributed by atoms with Gasteiger partial charge in [-0.2, -0.15) is 0 Å². The van der Waals surface area contributed by atoms with Crippen molar-refractivity contribution in [3.8, 4) is 5.75 Å². The standard InChI is InChI=1S/C20H27NO5/c1-4-6-7-13-10-17(23)26-19-14(13)8-9-16(22)15(19)11-21-18(20(24)25)12(3)5-2/h8-10,12,18,21-22H,4-7,11H2,1-3H3,(H,24,25)/t12-,18-/m0/s1. The number of fused-ring (bicyclic) bond motifs is 1. The van der Waals surface area contributed by atoms with Crippen molar-refractivity contribution in [2.45, 2.75) is 59.0 Å². The molecule has 0 spiro atoms. The summed E-state index contributed by atoms with van der Waals surface area (Å²) in [6, 6.07) is 4.05. The maximum atomic E-state index is 12.0. The lowest BCUT2D eigenvalue weighted by Gasteiger charge is -2.21. The molecule has 6 nitrogen and oxygen atoms in total. The molecule has 2 rings (SSSR count). The van der Waals surface area contributed by atoms with Crippen LogP contribution in [0.1, 0.15) is 51.2 Å². The summed E-state index contributed by atoms with van der Waals surface area (Å²) in [5.74, 6) is -1.03. The summed E-state index contributed by atoms with van der Waals surface area (Å²) in [5.41, 5.74) is 1.15. The van der Waals surface area contributed by atoms with Crippen LogP contribution >= 0.6 is 0 Å². The smallest absolute Gasteiger partial charge is 0.336 e. The van der Waals surface area contributed by atoms with Gasteiger partial charge in [0.1, 0.15) is 17.4 Å². The predicted molar refractivity (Wildman–Crippen MR) is 100 cm³/mol. The number of rotatable bonds is 9. The molecule has 2 atom stereocenters. The van der Waals surface area contributed by atoms with E-state index in [1.54, 1.807) is 12.1 Å². The van der Waals surface area contributed by atoms with Gasteiger partial charge in [-0.1, -0.05) is 33.6 Å². The lowest BCUT2D eigenvalue weighted by atomic mass is 9.98. The normalized spacial score (nSPS) is 13.7. The van der Waals surface area contributed by atoms with Crippen LogP contribution in [0.2, 0.25) is 0 Å². The number of aliphatic carboxylic acids is 1. The molecule has 0 aliphatic rings. The molecule has 2 aromatic rings. The summed E-state index contributed by atoms with van der Waals surface area (Å²) >= 11 is 0. The number of carbonyl (C=O) groups is 1. The summed E-state index contributed by atoms with van der Waals surface area (Å²) in [6.45, 7) is 5.97. The fraction of sp³-hybridized carbons (Fsp3) is 0.500. The molecule has 1 heterocycles. The van der Waals surface area contributed by atoms with Crippen LogP contribution in [0.3, 0.4) is 0 Å². The third-order valence-electron chi connectivity index (χ3n) is 4.85. The van der Waals surface area contributed by atoms with Crippen LogP contribution < -0.4 is 10.9 Å². The predicted octanol–water partition coefficient (Wildman–Crippen LogP) is 3.43. The number of hydrogen-bond acceptors (Lipinski definition) is 5. The SMILES string of the molecule is CCCCc1cc(=O)oc2c(CN[C@H](C(=O)O)[C@@H](C)CC)c(O)ccc12. The molecule has 1 aromatic carbocycles. The summed E-state index contributed by atoms with van der Waals surface area (Å²) in [7, 11) is 0. The van der Waals surface area contributed by atoms with Gasteiger partial charge in [0.05, 0.1) is 5.56 Å². The van der Waals surface area contributed by atoms with E-state index in [0.717, 1.165) is 30.2 Å². The zero-order valence-corrected chi connectivity index (χ0v) is 15.5. The first-order chi connectivity index (χ1) is 12.4. The Hall–Kier alpha value is -2.34. The van der Waals surface area contributed by atoms with E-state index in [1.807, 2.05) is 13.8 Å². The minimum Gasteiger partial charge on any atom is -0.507 e. The highest BCUT2D eigenvalue weighted by molar-refractivity contribution is 5.85. The van der Waals surface area contributed by atoms with E-state index in [-0.39, 0.29) is 18.2 Å². The van der Waals surface area contributed by atoms with Gasteiger partial charge in [0.25, 0.3) is 0 Å². The first kappa shape index (κ1) is 20.0. The number of benzene rings is 1. The number of aromatic hydroxyl groups is 1. The molecule has 26 heavy (non-hydrogen) atoms. The van der Waals surface area contributed by atoms with Crippen molar-refractivity contribution < 1.29 is 19.4 Å². The number of hydrogen-bond donors (Lipinski definition) is 3. The first-order valence-corrected chi connectivity index (χ1v) is 9.12. The highest BCUT2D eigenvalue weighted by atomic mass is 16.4. The molecule has 142 valence electrons. The summed E-state index contributed by atoms with van der Waals surface area (Å²) < 4.78 is 5.37. The van der Waals surface area contributed by atoms with Crippen LogP contribution in [0.4, 0.5) is 0 Å². The quantitative estimate of drug-likeness (QED) is 0.592. The number of aryl methyl sites for hydroxylation is 1. The second-order valence-electron chi connectivity index (χ2n) is 6.72. The van der Waals surface area contributed by atoms with Gasteiger partial charge in [-0.3, -0.25) is 10.1 Å². The zero-order chi connectivity index (χ0) is 19.3. The maximum absolute atomic E-state index is 12.0. The number of phenolic OH excluding ortho intramolecular Hbond substituents is 1. The molecule has 0 unspecified atom stereocenters. The number of carboxylic acids is 1. The zero-order valence-electron chi connectivity index (χ0n) is 15.5. The second kappa shape index (κ2) is 8.85. The Balaban J connectivity index is 2.43. The summed E-state index contributed by atoms with van der Waals surface area (Å²) in [4.78, 5) is 23.5. The third kappa shape index (κ3) is 4.43. The van der Waals surface area contributed by atoms with Gasteiger partial charge in [-0.15, -0.1) is 0 Å². The highest BCUT2D eigenvalue weighted by Gasteiger charge is 2.24. The van der Waals surface area contributed by atoms with Gasteiger partial charge in [-0.25, -0.2) is 4.79 Å². The molecule has 0 bridgehead atoms. The van der Waals surface area contributed by atoms with Crippen molar-refractivity contribution in [2.24, 2.45) is 5.92 Å².